The lowest BCUT2D eigenvalue weighted by atomic mass is 10.0. The third-order valence-corrected chi connectivity index (χ3v) is 5.07. The summed E-state index contributed by atoms with van der Waals surface area (Å²) < 4.78 is 48.0. The van der Waals surface area contributed by atoms with Gasteiger partial charge >= 0.3 is 6.18 Å². The summed E-state index contributed by atoms with van der Waals surface area (Å²) in [4.78, 5) is 8.75. The Morgan fingerprint density at radius 3 is 2.84 bits per heavy atom. The van der Waals surface area contributed by atoms with E-state index in [0.717, 1.165) is 5.82 Å². The summed E-state index contributed by atoms with van der Waals surface area (Å²) in [7, 11) is 1.79. The number of anilines is 2. The van der Waals surface area contributed by atoms with Gasteiger partial charge in [0.05, 0.1) is 24.9 Å². The van der Waals surface area contributed by atoms with Crippen LogP contribution in [0.3, 0.4) is 0 Å². The minimum absolute atomic E-state index is 0.153. The second-order valence-corrected chi connectivity index (χ2v) is 7.22. The highest BCUT2D eigenvalue weighted by atomic mass is 19.4. The molecule has 0 fully saturated rings. The van der Waals surface area contributed by atoms with E-state index in [1.165, 1.54) is 0 Å². The molecule has 1 N–H and O–H groups in total. The maximum Gasteiger partial charge on any atom is 0.389 e. The Labute approximate surface area is 173 Å². The second kappa shape index (κ2) is 7.22. The Morgan fingerprint density at radius 1 is 1.19 bits per heavy atom. The van der Waals surface area contributed by atoms with Crippen LogP contribution < -0.4 is 10.1 Å². The summed E-state index contributed by atoms with van der Waals surface area (Å²) >= 11 is 0. The van der Waals surface area contributed by atoms with Crippen LogP contribution in [0.1, 0.15) is 24.6 Å². The van der Waals surface area contributed by atoms with Gasteiger partial charge in [-0.3, -0.25) is 4.68 Å². The number of nitrogens with one attached hydrogen (secondary N) is 1. The van der Waals surface area contributed by atoms with Crippen LogP contribution in [0.2, 0.25) is 0 Å². The number of hydrogen-bond acceptors (Lipinski definition) is 7. The van der Waals surface area contributed by atoms with Crippen molar-refractivity contribution in [1.29, 1.82) is 0 Å². The zero-order valence-corrected chi connectivity index (χ0v) is 16.3. The summed E-state index contributed by atoms with van der Waals surface area (Å²) in [5, 5.41) is 15.3. The van der Waals surface area contributed by atoms with E-state index in [9.17, 15) is 13.2 Å². The molecule has 0 bridgehead atoms. The third kappa shape index (κ3) is 3.76. The van der Waals surface area contributed by atoms with Crippen LogP contribution in [0, 0.1) is 0 Å². The van der Waals surface area contributed by atoms with Crippen molar-refractivity contribution in [1.82, 2.24) is 34.3 Å². The summed E-state index contributed by atoms with van der Waals surface area (Å²) in [5.74, 6) is 0.931. The van der Waals surface area contributed by atoms with Gasteiger partial charge in [-0.15, -0.1) is 10.2 Å². The van der Waals surface area contributed by atoms with Gasteiger partial charge in [-0.2, -0.15) is 18.3 Å². The number of aryl methyl sites for hydroxylation is 1. The molecule has 9 nitrogen and oxygen atoms in total. The zero-order valence-electron chi connectivity index (χ0n) is 16.3. The van der Waals surface area contributed by atoms with Crippen LogP contribution in [-0.4, -0.2) is 47.1 Å². The normalized spacial score (nSPS) is 16.2. The Kier molecular flexibility index (Phi) is 4.49. The van der Waals surface area contributed by atoms with Crippen LogP contribution in [0.4, 0.5) is 24.9 Å². The maximum absolute atomic E-state index is 13.0. The van der Waals surface area contributed by atoms with Gasteiger partial charge in [0.1, 0.15) is 11.6 Å². The standard InChI is InChI=1S/C19H17F3N8O/c1-29-14(3-6-24-29)26-18-23-5-2-13(25-18)12-8-15-27-28-17-11(10-19(20,21)22)4-7-31-16(9-12)30(15)17/h2-3,5-6,8-9,11H,4,7,10H2,1H3,(H,23,25,26)/t11-/m1/s1. The molecule has 0 aliphatic carbocycles. The fraction of sp³-hybridized carbons (Fsp3) is 0.316. The predicted molar refractivity (Wildman–Crippen MR) is 104 cm³/mol. The first kappa shape index (κ1) is 19.3. The first-order chi connectivity index (χ1) is 14.9. The largest absolute Gasteiger partial charge is 0.478 e. The smallest absolute Gasteiger partial charge is 0.389 e. The number of alkyl halides is 3. The van der Waals surface area contributed by atoms with E-state index in [1.54, 1.807) is 52.8 Å². The molecule has 5 heterocycles. The van der Waals surface area contributed by atoms with Crippen molar-refractivity contribution in [2.45, 2.75) is 24.9 Å². The van der Waals surface area contributed by atoms with Crippen molar-refractivity contribution < 1.29 is 17.9 Å². The van der Waals surface area contributed by atoms with Gasteiger partial charge in [-0.05, 0) is 18.6 Å². The maximum atomic E-state index is 13.0. The molecular weight excluding hydrogens is 413 g/mol. The number of rotatable bonds is 4. The fourth-order valence-corrected chi connectivity index (χ4v) is 3.62. The highest BCUT2D eigenvalue weighted by Crippen LogP contribution is 2.37. The quantitative estimate of drug-likeness (QED) is 0.530. The summed E-state index contributed by atoms with van der Waals surface area (Å²) in [6.07, 6.45) is -1.79. The van der Waals surface area contributed by atoms with Crippen LogP contribution in [0.5, 0.6) is 5.88 Å². The molecule has 0 unspecified atom stereocenters. The van der Waals surface area contributed by atoms with Crippen molar-refractivity contribution >= 4 is 17.4 Å². The number of aromatic nitrogens is 7. The lowest BCUT2D eigenvalue weighted by molar-refractivity contribution is -0.139. The van der Waals surface area contributed by atoms with E-state index in [1.807, 2.05) is 0 Å². The Bertz CT molecular complexity index is 1250. The fourth-order valence-electron chi connectivity index (χ4n) is 3.62. The molecule has 31 heavy (non-hydrogen) atoms. The second-order valence-electron chi connectivity index (χ2n) is 7.22. The van der Waals surface area contributed by atoms with Gasteiger partial charge in [-0.25, -0.2) is 14.4 Å². The van der Waals surface area contributed by atoms with Crippen LogP contribution in [-0.2, 0) is 7.05 Å². The van der Waals surface area contributed by atoms with E-state index in [2.05, 4.69) is 30.6 Å². The van der Waals surface area contributed by atoms with Crippen molar-refractivity contribution in [2.24, 2.45) is 7.05 Å². The van der Waals surface area contributed by atoms with Gasteiger partial charge in [0.25, 0.3) is 0 Å². The molecular formula is C19H17F3N8O. The van der Waals surface area contributed by atoms with Gasteiger partial charge < -0.3 is 10.1 Å². The number of pyridine rings is 1. The highest BCUT2D eigenvalue weighted by molar-refractivity contribution is 5.67. The van der Waals surface area contributed by atoms with Crippen molar-refractivity contribution in [2.75, 3.05) is 11.9 Å². The molecule has 0 amide bonds. The molecule has 0 aromatic carbocycles. The number of halogens is 3. The molecule has 4 aromatic rings. The molecule has 160 valence electrons. The first-order valence-electron chi connectivity index (χ1n) is 9.54. The van der Waals surface area contributed by atoms with E-state index in [0.29, 0.717) is 28.7 Å². The van der Waals surface area contributed by atoms with E-state index >= 15 is 0 Å². The zero-order chi connectivity index (χ0) is 21.6. The number of nitrogens with zero attached hydrogens (tertiary/aromatic N) is 7. The highest BCUT2D eigenvalue weighted by Gasteiger charge is 2.36. The Hall–Kier alpha value is -3.70. The Morgan fingerprint density at radius 2 is 2.06 bits per heavy atom. The SMILES string of the molecule is Cn1nccc1Nc1nccc(-c2cc3n4c(nnc4c2)[C@@H](CC(F)(F)F)CCO3)n1. The van der Waals surface area contributed by atoms with E-state index in [-0.39, 0.29) is 18.9 Å². The molecule has 1 aliphatic heterocycles. The minimum atomic E-state index is -4.29. The van der Waals surface area contributed by atoms with Crippen LogP contribution in [0.25, 0.3) is 16.9 Å². The average molecular weight is 430 g/mol. The van der Waals surface area contributed by atoms with Gasteiger partial charge in [0.2, 0.25) is 11.8 Å². The molecule has 0 saturated heterocycles. The molecule has 1 aliphatic rings. The van der Waals surface area contributed by atoms with Gasteiger partial charge in [0.15, 0.2) is 5.65 Å². The van der Waals surface area contributed by atoms with Gasteiger partial charge in [-0.1, -0.05) is 0 Å². The molecule has 5 rings (SSSR count). The summed E-state index contributed by atoms with van der Waals surface area (Å²) in [6.45, 7) is 0.153. The number of hydrogen-bond donors (Lipinski definition) is 1. The average Bonchev–Trinajstić information content (AvgIpc) is 3.28. The molecule has 0 radical (unpaired) electrons. The number of ether oxygens (including phenoxy) is 1. The Balaban J connectivity index is 1.52. The monoisotopic (exact) mass is 430 g/mol. The topological polar surface area (TPSA) is 95.1 Å². The predicted octanol–water partition coefficient (Wildman–Crippen LogP) is 3.48. The van der Waals surface area contributed by atoms with Gasteiger partial charge in [0, 0.05) is 36.9 Å². The van der Waals surface area contributed by atoms with E-state index < -0.39 is 18.5 Å². The van der Waals surface area contributed by atoms with Crippen LogP contribution >= 0.6 is 0 Å². The molecule has 4 aromatic heterocycles. The summed E-state index contributed by atoms with van der Waals surface area (Å²) in [5.41, 5.74) is 1.69. The van der Waals surface area contributed by atoms with Crippen LogP contribution in [0.15, 0.2) is 36.7 Å². The molecule has 1 atom stereocenters. The molecule has 12 heteroatoms. The third-order valence-electron chi connectivity index (χ3n) is 5.07. The lowest BCUT2D eigenvalue weighted by Gasteiger charge is -2.14. The van der Waals surface area contributed by atoms with E-state index in [4.69, 9.17) is 4.74 Å². The minimum Gasteiger partial charge on any atom is -0.478 e. The van der Waals surface area contributed by atoms with Crippen molar-refractivity contribution in [3.8, 4) is 17.1 Å². The van der Waals surface area contributed by atoms with Crippen molar-refractivity contribution in [3.63, 3.8) is 0 Å². The molecule has 0 saturated carbocycles. The first-order valence-corrected chi connectivity index (χ1v) is 9.54. The van der Waals surface area contributed by atoms with Crippen molar-refractivity contribution in [3.05, 3.63) is 42.5 Å². The summed E-state index contributed by atoms with van der Waals surface area (Å²) in [6, 6.07) is 6.97. The lowest BCUT2D eigenvalue weighted by Crippen LogP contribution is -2.16. The molecule has 0 spiro atoms.